The Kier molecular flexibility index (Phi) is 5.49. The Morgan fingerprint density at radius 1 is 1.43 bits per heavy atom. The van der Waals surface area contributed by atoms with Gasteiger partial charge in [0, 0.05) is 49.8 Å². The highest BCUT2D eigenvalue weighted by atomic mass is 32.2. The number of hydrogen-bond acceptors (Lipinski definition) is 5. The van der Waals surface area contributed by atoms with Crippen LogP contribution in [0, 0.1) is 5.92 Å². The van der Waals surface area contributed by atoms with E-state index in [9.17, 15) is 0 Å². The maximum absolute atomic E-state index is 6.13. The van der Waals surface area contributed by atoms with Crippen molar-refractivity contribution in [1.29, 1.82) is 0 Å². The van der Waals surface area contributed by atoms with Gasteiger partial charge in [0.05, 0.1) is 12.2 Å². The third kappa shape index (κ3) is 3.58. The summed E-state index contributed by atoms with van der Waals surface area (Å²) in [5, 5.41) is 3.81. The van der Waals surface area contributed by atoms with Crippen molar-refractivity contribution in [3.63, 3.8) is 0 Å². The van der Waals surface area contributed by atoms with E-state index >= 15 is 0 Å². The number of likely N-dealkylation sites (N-methyl/N-ethyl adjacent to an activating group) is 2. The monoisotopic (exact) mass is 314 g/mol. The van der Waals surface area contributed by atoms with Gasteiger partial charge in [0.2, 0.25) is 0 Å². The second-order valence-electron chi connectivity index (χ2n) is 6.79. The van der Waals surface area contributed by atoms with Gasteiger partial charge in [-0.05, 0) is 32.4 Å². The molecule has 0 aromatic rings. The van der Waals surface area contributed by atoms with Crippen molar-refractivity contribution in [3.05, 3.63) is 0 Å². The van der Waals surface area contributed by atoms with Gasteiger partial charge in [-0.25, -0.2) is 0 Å². The highest BCUT2D eigenvalue weighted by Gasteiger charge is 2.44. The summed E-state index contributed by atoms with van der Waals surface area (Å²) in [6.45, 7) is 7.08. The summed E-state index contributed by atoms with van der Waals surface area (Å²) in [5.41, 5.74) is 0.0248. The Morgan fingerprint density at radius 2 is 2.33 bits per heavy atom. The summed E-state index contributed by atoms with van der Waals surface area (Å²) in [6, 6.07) is 1.25. The van der Waals surface area contributed by atoms with E-state index in [1.807, 2.05) is 0 Å². The van der Waals surface area contributed by atoms with Gasteiger partial charge in [0.1, 0.15) is 0 Å². The standard InChI is InChI=1S/C16H30N2O2S/c1-3-17-15(14-11-21-9-6-18(14)2)13-4-7-20-16(10-13)5-8-19-12-16/h13-15,17H,3-12H2,1-2H3. The Balaban J connectivity index is 1.70. The Bertz CT molecular complexity index is 336. The van der Waals surface area contributed by atoms with Crippen LogP contribution >= 0.6 is 11.8 Å². The van der Waals surface area contributed by atoms with Gasteiger partial charge in [0.25, 0.3) is 0 Å². The molecule has 0 bridgehead atoms. The molecule has 3 aliphatic rings. The van der Waals surface area contributed by atoms with Gasteiger partial charge in [-0.3, -0.25) is 0 Å². The van der Waals surface area contributed by atoms with E-state index in [1.54, 1.807) is 0 Å². The number of hydrogen-bond donors (Lipinski definition) is 1. The molecule has 21 heavy (non-hydrogen) atoms. The summed E-state index contributed by atoms with van der Waals surface area (Å²) >= 11 is 2.11. The minimum atomic E-state index is 0.0248. The van der Waals surface area contributed by atoms with Crippen molar-refractivity contribution in [1.82, 2.24) is 10.2 Å². The molecule has 3 fully saturated rings. The van der Waals surface area contributed by atoms with Crippen LogP contribution < -0.4 is 5.32 Å². The molecular formula is C16H30N2O2S. The van der Waals surface area contributed by atoms with Gasteiger partial charge in [-0.1, -0.05) is 6.92 Å². The molecule has 5 heteroatoms. The van der Waals surface area contributed by atoms with E-state index in [1.165, 1.54) is 30.9 Å². The lowest BCUT2D eigenvalue weighted by Gasteiger charge is -2.46. The number of ether oxygens (including phenoxy) is 2. The molecule has 0 aromatic carbocycles. The molecular weight excluding hydrogens is 284 g/mol. The molecule has 4 unspecified atom stereocenters. The second-order valence-corrected chi connectivity index (χ2v) is 7.94. The van der Waals surface area contributed by atoms with Crippen molar-refractivity contribution < 1.29 is 9.47 Å². The van der Waals surface area contributed by atoms with E-state index < -0.39 is 0 Å². The largest absolute Gasteiger partial charge is 0.378 e. The van der Waals surface area contributed by atoms with Crippen LogP contribution in [0.3, 0.4) is 0 Å². The Labute approximate surface area is 133 Å². The van der Waals surface area contributed by atoms with E-state index in [0.717, 1.165) is 32.8 Å². The lowest BCUT2D eigenvalue weighted by atomic mass is 9.78. The van der Waals surface area contributed by atoms with Gasteiger partial charge in [-0.15, -0.1) is 0 Å². The Hall–Kier alpha value is 0.190. The average molecular weight is 314 g/mol. The molecule has 4 atom stereocenters. The first-order chi connectivity index (χ1) is 10.2. The third-order valence-corrected chi connectivity index (χ3v) is 6.45. The topological polar surface area (TPSA) is 33.7 Å². The molecule has 122 valence electrons. The predicted octanol–water partition coefficient (Wildman–Crippen LogP) is 1.60. The van der Waals surface area contributed by atoms with Gasteiger partial charge < -0.3 is 19.7 Å². The average Bonchev–Trinajstić information content (AvgIpc) is 2.93. The summed E-state index contributed by atoms with van der Waals surface area (Å²) < 4.78 is 11.8. The molecule has 0 amide bonds. The van der Waals surface area contributed by atoms with Crippen molar-refractivity contribution in [2.75, 3.05) is 51.5 Å². The molecule has 0 radical (unpaired) electrons. The fourth-order valence-electron chi connectivity index (χ4n) is 4.17. The maximum Gasteiger partial charge on any atom is 0.0939 e. The van der Waals surface area contributed by atoms with Crippen molar-refractivity contribution in [2.45, 2.75) is 43.9 Å². The summed E-state index contributed by atoms with van der Waals surface area (Å²) in [4.78, 5) is 2.57. The predicted molar refractivity (Wildman–Crippen MR) is 88.1 cm³/mol. The van der Waals surface area contributed by atoms with Crippen molar-refractivity contribution in [3.8, 4) is 0 Å². The second kappa shape index (κ2) is 7.18. The van der Waals surface area contributed by atoms with Gasteiger partial charge in [0.15, 0.2) is 0 Å². The zero-order chi connectivity index (χ0) is 14.7. The lowest BCUT2D eigenvalue weighted by Crippen LogP contribution is -2.58. The quantitative estimate of drug-likeness (QED) is 0.852. The lowest BCUT2D eigenvalue weighted by molar-refractivity contribution is -0.106. The van der Waals surface area contributed by atoms with Crippen LogP contribution in [0.1, 0.15) is 26.2 Å². The number of rotatable bonds is 4. The van der Waals surface area contributed by atoms with Crippen LogP contribution in [0.15, 0.2) is 0 Å². The number of nitrogens with one attached hydrogen (secondary N) is 1. The molecule has 0 saturated carbocycles. The van der Waals surface area contributed by atoms with Crippen LogP contribution in [0.2, 0.25) is 0 Å². The summed E-state index contributed by atoms with van der Waals surface area (Å²) in [5.74, 6) is 3.25. The van der Waals surface area contributed by atoms with E-state index in [0.29, 0.717) is 18.0 Å². The highest BCUT2D eigenvalue weighted by Crippen LogP contribution is 2.38. The van der Waals surface area contributed by atoms with Gasteiger partial charge in [-0.2, -0.15) is 11.8 Å². The first-order valence-corrected chi connectivity index (χ1v) is 9.63. The van der Waals surface area contributed by atoms with Crippen LogP contribution in [0.25, 0.3) is 0 Å². The molecule has 3 heterocycles. The molecule has 3 aliphatic heterocycles. The molecule has 1 N–H and O–H groups in total. The molecule has 3 rings (SSSR count). The van der Waals surface area contributed by atoms with Crippen molar-refractivity contribution in [2.24, 2.45) is 5.92 Å². The van der Waals surface area contributed by atoms with Crippen LogP contribution in [0.4, 0.5) is 0 Å². The first-order valence-electron chi connectivity index (χ1n) is 8.47. The smallest absolute Gasteiger partial charge is 0.0939 e. The molecule has 1 spiro atoms. The van der Waals surface area contributed by atoms with E-state index in [-0.39, 0.29) is 5.60 Å². The van der Waals surface area contributed by atoms with Gasteiger partial charge >= 0.3 is 0 Å². The third-order valence-electron chi connectivity index (χ3n) is 5.40. The fourth-order valence-corrected chi connectivity index (χ4v) is 5.46. The van der Waals surface area contributed by atoms with E-state index in [2.05, 4.69) is 35.9 Å². The SMILES string of the molecule is CCNC(C1CCOC2(CCOC2)C1)C1CSCCN1C. The van der Waals surface area contributed by atoms with Crippen LogP contribution in [0.5, 0.6) is 0 Å². The minimum absolute atomic E-state index is 0.0248. The minimum Gasteiger partial charge on any atom is -0.378 e. The molecule has 3 saturated heterocycles. The summed E-state index contributed by atoms with van der Waals surface area (Å²) in [7, 11) is 2.29. The van der Waals surface area contributed by atoms with Crippen LogP contribution in [-0.4, -0.2) is 74.0 Å². The number of nitrogens with zero attached hydrogens (tertiary/aromatic N) is 1. The zero-order valence-electron chi connectivity index (χ0n) is 13.5. The fraction of sp³-hybridized carbons (Fsp3) is 1.00. The highest BCUT2D eigenvalue weighted by molar-refractivity contribution is 7.99. The van der Waals surface area contributed by atoms with E-state index in [4.69, 9.17) is 9.47 Å². The normalized spacial score (nSPS) is 39.7. The maximum atomic E-state index is 6.13. The Morgan fingerprint density at radius 3 is 3.05 bits per heavy atom. The number of thioether (sulfide) groups is 1. The summed E-state index contributed by atoms with van der Waals surface area (Å²) in [6.07, 6.45) is 3.44. The van der Waals surface area contributed by atoms with Crippen LogP contribution in [-0.2, 0) is 9.47 Å². The molecule has 0 aromatic heterocycles. The van der Waals surface area contributed by atoms with Crippen molar-refractivity contribution >= 4 is 11.8 Å². The molecule has 4 nitrogen and oxygen atoms in total. The molecule has 0 aliphatic carbocycles. The zero-order valence-corrected chi connectivity index (χ0v) is 14.3. The first kappa shape index (κ1) is 16.1.